The zero-order chi connectivity index (χ0) is 13.1. The monoisotopic (exact) mass is 258 g/mol. The average molecular weight is 258 g/mol. The zero-order valence-corrected chi connectivity index (χ0v) is 11.9. The molecule has 0 aliphatic heterocycles. The summed E-state index contributed by atoms with van der Waals surface area (Å²) >= 11 is 0. The summed E-state index contributed by atoms with van der Waals surface area (Å²) in [6.45, 7) is 0. The first kappa shape index (κ1) is 13.2. The van der Waals surface area contributed by atoms with Gasteiger partial charge in [-0.1, -0.05) is 36.8 Å². The molecule has 0 amide bonds. The first-order valence-corrected chi connectivity index (χ1v) is 8.01. The Morgan fingerprint density at radius 3 is 2.58 bits per heavy atom. The highest BCUT2D eigenvalue weighted by Gasteiger charge is 2.40. The summed E-state index contributed by atoms with van der Waals surface area (Å²) in [5.41, 5.74) is 1.06. The first-order chi connectivity index (χ1) is 9.25. The van der Waals surface area contributed by atoms with Crippen LogP contribution in [0.15, 0.2) is 30.3 Å². The van der Waals surface area contributed by atoms with E-state index in [4.69, 9.17) is 0 Å². The van der Waals surface area contributed by atoms with Crippen LogP contribution in [0.25, 0.3) is 0 Å². The van der Waals surface area contributed by atoms with Crippen molar-refractivity contribution in [3.05, 3.63) is 35.9 Å². The van der Waals surface area contributed by atoms with E-state index < -0.39 is 0 Å². The third-order valence-electron chi connectivity index (χ3n) is 5.10. The number of hydrogen-bond donors (Lipinski definition) is 1. The van der Waals surface area contributed by atoms with E-state index in [1.807, 2.05) is 0 Å². The normalized spacial score (nSPS) is 31.3. The Kier molecular flexibility index (Phi) is 3.93. The Labute approximate surface area is 117 Å². The van der Waals surface area contributed by atoms with E-state index in [9.17, 15) is 5.11 Å². The minimum absolute atomic E-state index is 0.347. The van der Waals surface area contributed by atoms with Crippen LogP contribution in [0.5, 0.6) is 0 Å². The van der Waals surface area contributed by atoms with Gasteiger partial charge in [-0.3, -0.25) is 0 Å². The Hall–Kier alpha value is -0.820. The molecule has 2 aliphatic rings. The van der Waals surface area contributed by atoms with Crippen molar-refractivity contribution < 1.29 is 5.11 Å². The van der Waals surface area contributed by atoms with Crippen LogP contribution in [0.2, 0.25) is 0 Å². The number of benzene rings is 1. The van der Waals surface area contributed by atoms with Gasteiger partial charge in [0.15, 0.2) is 0 Å². The van der Waals surface area contributed by atoms with Crippen molar-refractivity contribution in [3.8, 4) is 0 Å². The predicted molar refractivity (Wildman–Crippen MR) is 79.0 cm³/mol. The van der Waals surface area contributed by atoms with Crippen LogP contribution in [-0.4, -0.2) is 10.7 Å². The van der Waals surface area contributed by atoms with E-state index in [0.29, 0.717) is 0 Å². The van der Waals surface area contributed by atoms with E-state index in [0.717, 1.165) is 43.9 Å². The second-order valence-corrected chi connectivity index (χ2v) is 6.76. The van der Waals surface area contributed by atoms with Gasteiger partial charge in [0.25, 0.3) is 0 Å². The first-order valence-electron chi connectivity index (χ1n) is 8.01. The van der Waals surface area contributed by atoms with Crippen LogP contribution >= 0.6 is 0 Å². The van der Waals surface area contributed by atoms with Gasteiger partial charge in [0.05, 0.1) is 5.60 Å². The van der Waals surface area contributed by atoms with Gasteiger partial charge in [0.1, 0.15) is 0 Å². The van der Waals surface area contributed by atoms with Crippen LogP contribution in [-0.2, 0) is 6.42 Å². The highest BCUT2D eigenvalue weighted by molar-refractivity contribution is 5.14. The highest BCUT2D eigenvalue weighted by Crippen LogP contribution is 2.47. The molecule has 0 radical (unpaired) electrons. The summed E-state index contributed by atoms with van der Waals surface area (Å²) < 4.78 is 0. The lowest BCUT2D eigenvalue weighted by Crippen LogP contribution is -2.36. The van der Waals surface area contributed by atoms with Crippen molar-refractivity contribution in [2.24, 2.45) is 11.8 Å². The third kappa shape index (κ3) is 3.60. The molecular weight excluding hydrogens is 232 g/mol. The number of aryl methyl sites for hydroxylation is 1. The molecule has 2 saturated carbocycles. The Bertz CT molecular complexity index is 395. The summed E-state index contributed by atoms with van der Waals surface area (Å²) in [6, 6.07) is 10.7. The van der Waals surface area contributed by atoms with Crippen LogP contribution in [0.1, 0.15) is 56.9 Å². The molecule has 1 aromatic rings. The summed E-state index contributed by atoms with van der Waals surface area (Å²) in [7, 11) is 0. The Morgan fingerprint density at radius 2 is 1.84 bits per heavy atom. The smallest absolute Gasteiger partial charge is 0.0650 e. The van der Waals surface area contributed by atoms with Crippen LogP contribution in [0.4, 0.5) is 0 Å². The molecule has 1 heteroatoms. The van der Waals surface area contributed by atoms with Crippen molar-refractivity contribution in [2.45, 2.75) is 63.4 Å². The fourth-order valence-corrected chi connectivity index (χ4v) is 3.85. The van der Waals surface area contributed by atoms with E-state index >= 15 is 0 Å². The second kappa shape index (κ2) is 5.66. The molecule has 1 N–H and O–H groups in total. The predicted octanol–water partition coefficient (Wildman–Crippen LogP) is 4.34. The van der Waals surface area contributed by atoms with E-state index in [-0.39, 0.29) is 5.60 Å². The maximum atomic E-state index is 10.8. The molecule has 2 atom stereocenters. The topological polar surface area (TPSA) is 20.2 Å². The lowest BCUT2D eigenvalue weighted by molar-refractivity contribution is -0.0282. The molecule has 1 nitrogen and oxygen atoms in total. The molecule has 2 unspecified atom stereocenters. The maximum Gasteiger partial charge on any atom is 0.0650 e. The quantitative estimate of drug-likeness (QED) is 0.833. The molecule has 0 aromatic heterocycles. The Balaban J connectivity index is 1.48. The van der Waals surface area contributed by atoms with Gasteiger partial charge in [-0.15, -0.1) is 0 Å². The molecule has 0 saturated heterocycles. The standard InChI is InChI=1S/C18H26O/c19-18(12-4-8-15-6-2-1-3-7-15)13-5-9-17(14-18)16-10-11-16/h1-3,6-7,16-17,19H,4-5,8-14H2. The summed E-state index contributed by atoms with van der Waals surface area (Å²) in [6.07, 6.45) is 10.8. The van der Waals surface area contributed by atoms with Crippen LogP contribution in [0.3, 0.4) is 0 Å². The van der Waals surface area contributed by atoms with Gasteiger partial charge < -0.3 is 5.11 Å². The molecule has 0 spiro atoms. The van der Waals surface area contributed by atoms with Gasteiger partial charge in [-0.25, -0.2) is 0 Å². The number of rotatable bonds is 5. The van der Waals surface area contributed by atoms with Gasteiger partial charge in [-0.05, 0) is 68.8 Å². The summed E-state index contributed by atoms with van der Waals surface area (Å²) in [4.78, 5) is 0. The maximum absolute atomic E-state index is 10.8. The highest BCUT2D eigenvalue weighted by atomic mass is 16.3. The SMILES string of the molecule is OC1(CCCc2ccccc2)CCCC(C2CC2)C1. The largest absolute Gasteiger partial charge is 0.390 e. The fraction of sp³-hybridized carbons (Fsp3) is 0.667. The van der Waals surface area contributed by atoms with Gasteiger partial charge in [0, 0.05) is 0 Å². The van der Waals surface area contributed by atoms with E-state index in [1.165, 1.54) is 31.2 Å². The molecule has 3 rings (SSSR count). The fourth-order valence-electron chi connectivity index (χ4n) is 3.85. The summed E-state index contributed by atoms with van der Waals surface area (Å²) in [5.74, 6) is 1.79. The number of hydrogen-bond acceptors (Lipinski definition) is 1. The molecule has 0 bridgehead atoms. The lowest BCUT2D eigenvalue weighted by atomic mass is 9.74. The minimum atomic E-state index is -0.347. The molecular formula is C18H26O. The van der Waals surface area contributed by atoms with Crippen LogP contribution in [0, 0.1) is 11.8 Å². The van der Waals surface area contributed by atoms with Crippen LogP contribution < -0.4 is 0 Å². The molecule has 19 heavy (non-hydrogen) atoms. The van der Waals surface area contributed by atoms with E-state index in [2.05, 4.69) is 30.3 Å². The van der Waals surface area contributed by atoms with Crippen molar-refractivity contribution >= 4 is 0 Å². The van der Waals surface area contributed by atoms with Gasteiger partial charge >= 0.3 is 0 Å². The molecule has 0 heterocycles. The van der Waals surface area contributed by atoms with Crippen molar-refractivity contribution in [1.29, 1.82) is 0 Å². The lowest BCUT2D eigenvalue weighted by Gasteiger charge is -2.37. The van der Waals surface area contributed by atoms with Crippen molar-refractivity contribution in [1.82, 2.24) is 0 Å². The minimum Gasteiger partial charge on any atom is -0.390 e. The summed E-state index contributed by atoms with van der Waals surface area (Å²) in [5, 5.41) is 10.8. The third-order valence-corrected chi connectivity index (χ3v) is 5.10. The molecule has 2 aliphatic carbocycles. The Morgan fingerprint density at radius 1 is 1.05 bits per heavy atom. The molecule has 104 valence electrons. The van der Waals surface area contributed by atoms with E-state index in [1.54, 1.807) is 0 Å². The van der Waals surface area contributed by atoms with Crippen molar-refractivity contribution in [2.75, 3.05) is 0 Å². The average Bonchev–Trinajstić information content (AvgIpc) is 3.24. The zero-order valence-electron chi connectivity index (χ0n) is 11.9. The number of aliphatic hydroxyl groups is 1. The van der Waals surface area contributed by atoms with Gasteiger partial charge in [0.2, 0.25) is 0 Å². The second-order valence-electron chi connectivity index (χ2n) is 6.76. The van der Waals surface area contributed by atoms with Crippen molar-refractivity contribution in [3.63, 3.8) is 0 Å². The molecule has 2 fully saturated rings. The molecule has 1 aromatic carbocycles. The van der Waals surface area contributed by atoms with Gasteiger partial charge in [-0.2, -0.15) is 0 Å².